The SMILES string of the molecule is C[C@@H]1C=C(Oc2cc(C(=O)Nc3ncc(Cl)s3)nc3ccccc23)C=CC1P(=O)(O)O. The number of hydrogen-bond donors (Lipinski definition) is 3. The molecule has 1 amide bonds. The summed E-state index contributed by atoms with van der Waals surface area (Å²) in [5, 5.41) is 3.69. The van der Waals surface area contributed by atoms with E-state index in [0.717, 1.165) is 11.3 Å². The minimum Gasteiger partial charge on any atom is -0.457 e. The average Bonchev–Trinajstić information content (AvgIpc) is 3.11. The zero-order valence-electron chi connectivity index (χ0n) is 16.1. The first-order chi connectivity index (χ1) is 14.7. The van der Waals surface area contributed by atoms with Crippen molar-refractivity contribution in [3.63, 3.8) is 0 Å². The number of nitrogens with one attached hydrogen (secondary N) is 1. The fourth-order valence-electron chi connectivity index (χ4n) is 3.21. The Kier molecular flexibility index (Phi) is 5.96. The maximum Gasteiger partial charge on any atom is 0.332 e. The number of pyridine rings is 1. The number of amides is 1. The van der Waals surface area contributed by atoms with Gasteiger partial charge < -0.3 is 14.5 Å². The first-order valence-corrected chi connectivity index (χ1v) is 12.0. The van der Waals surface area contributed by atoms with Gasteiger partial charge in [-0.15, -0.1) is 0 Å². The highest BCUT2D eigenvalue weighted by Crippen LogP contribution is 2.47. The number of para-hydroxylation sites is 1. The van der Waals surface area contributed by atoms with Crippen molar-refractivity contribution in [2.75, 3.05) is 5.32 Å². The van der Waals surface area contributed by atoms with Crippen LogP contribution in [0.2, 0.25) is 4.34 Å². The fraction of sp³-hybridized carbons (Fsp3) is 0.150. The minimum absolute atomic E-state index is 0.126. The van der Waals surface area contributed by atoms with Crippen LogP contribution in [-0.4, -0.2) is 31.3 Å². The van der Waals surface area contributed by atoms with Gasteiger partial charge in [-0.1, -0.05) is 48.1 Å². The average molecular weight is 478 g/mol. The molecule has 0 radical (unpaired) electrons. The third-order valence-electron chi connectivity index (χ3n) is 4.65. The largest absolute Gasteiger partial charge is 0.457 e. The third kappa shape index (κ3) is 4.87. The van der Waals surface area contributed by atoms with Gasteiger partial charge in [0.15, 0.2) is 5.13 Å². The van der Waals surface area contributed by atoms with E-state index in [2.05, 4.69) is 15.3 Å². The lowest BCUT2D eigenvalue weighted by molar-refractivity contribution is 0.102. The number of hydrogen-bond acceptors (Lipinski definition) is 6. The Hall–Kier alpha value is -2.55. The summed E-state index contributed by atoms with van der Waals surface area (Å²) in [4.78, 5) is 40.1. The maximum atomic E-state index is 12.7. The van der Waals surface area contributed by atoms with Crippen LogP contribution in [0, 0.1) is 5.92 Å². The number of thiazole rings is 1. The van der Waals surface area contributed by atoms with Crippen molar-refractivity contribution >= 4 is 52.5 Å². The lowest BCUT2D eigenvalue weighted by Crippen LogP contribution is -2.18. The second-order valence-corrected chi connectivity index (χ2v) is 10.4. The van der Waals surface area contributed by atoms with Crippen LogP contribution >= 0.6 is 30.5 Å². The van der Waals surface area contributed by atoms with E-state index in [1.54, 1.807) is 25.1 Å². The molecule has 3 N–H and O–H groups in total. The number of aromatic nitrogens is 2. The van der Waals surface area contributed by atoms with Crippen molar-refractivity contribution in [2.45, 2.75) is 12.6 Å². The molecule has 0 saturated heterocycles. The van der Waals surface area contributed by atoms with Crippen LogP contribution in [0.5, 0.6) is 5.75 Å². The number of benzene rings is 1. The Labute approximate surface area is 186 Å². The van der Waals surface area contributed by atoms with Gasteiger partial charge in [-0.05, 0) is 30.2 Å². The second-order valence-electron chi connectivity index (χ2n) is 6.92. The molecule has 1 aliphatic carbocycles. The van der Waals surface area contributed by atoms with Crippen LogP contribution in [-0.2, 0) is 4.57 Å². The molecule has 31 heavy (non-hydrogen) atoms. The summed E-state index contributed by atoms with van der Waals surface area (Å²) in [6, 6.07) is 8.71. The molecule has 0 spiro atoms. The van der Waals surface area contributed by atoms with Gasteiger partial charge >= 0.3 is 7.60 Å². The van der Waals surface area contributed by atoms with Crippen molar-refractivity contribution in [3.05, 3.63) is 70.5 Å². The Morgan fingerprint density at radius 2 is 2.10 bits per heavy atom. The Morgan fingerprint density at radius 3 is 2.77 bits per heavy atom. The number of fused-ring (bicyclic) bond motifs is 1. The predicted octanol–water partition coefficient (Wildman–Crippen LogP) is 4.61. The van der Waals surface area contributed by atoms with Crippen molar-refractivity contribution < 1.29 is 23.9 Å². The van der Waals surface area contributed by atoms with Crippen LogP contribution in [0.1, 0.15) is 17.4 Å². The zero-order valence-corrected chi connectivity index (χ0v) is 18.6. The molecular weight excluding hydrogens is 461 g/mol. The smallest absolute Gasteiger partial charge is 0.332 e. The van der Waals surface area contributed by atoms with E-state index in [1.165, 1.54) is 24.4 Å². The fourth-order valence-corrected chi connectivity index (χ4v) is 5.03. The molecule has 0 aliphatic heterocycles. The number of carbonyl (C=O) groups is 1. The molecule has 1 aromatic carbocycles. The lowest BCUT2D eigenvalue weighted by Gasteiger charge is -2.23. The van der Waals surface area contributed by atoms with Gasteiger partial charge in [0, 0.05) is 11.5 Å². The molecule has 8 nitrogen and oxygen atoms in total. The lowest BCUT2D eigenvalue weighted by atomic mass is 10.0. The van der Waals surface area contributed by atoms with Crippen molar-refractivity contribution in [1.82, 2.24) is 9.97 Å². The number of ether oxygens (including phenoxy) is 1. The summed E-state index contributed by atoms with van der Waals surface area (Å²) < 4.78 is 18.1. The van der Waals surface area contributed by atoms with Crippen molar-refractivity contribution in [1.29, 1.82) is 0 Å². The molecule has 11 heteroatoms. The number of carbonyl (C=O) groups excluding carboxylic acids is 1. The van der Waals surface area contributed by atoms with Crippen LogP contribution in [0.4, 0.5) is 5.13 Å². The van der Waals surface area contributed by atoms with Gasteiger partial charge in [-0.3, -0.25) is 14.7 Å². The Morgan fingerprint density at radius 1 is 1.32 bits per heavy atom. The minimum atomic E-state index is -4.26. The predicted molar refractivity (Wildman–Crippen MR) is 120 cm³/mol. The van der Waals surface area contributed by atoms with E-state index in [-0.39, 0.29) is 5.69 Å². The van der Waals surface area contributed by atoms with Gasteiger partial charge in [0.05, 0.1) is 17.4 Å². The van der Waals surface area contributed by atoms with Crippen LogP contribution in [0.25, 0.3) is 10.9 Å². The molecule has 1 unspecified atom stereocenters. The molecule has 1 aliphatic rings. The first kappa shape index (κ1) is 21.7. The number of halogens is 1. The Balaban J connectivity index is 1.65. The van der Waals surface area contributed by atoms with E-state index in [0.29, 0.717) is 31.9 Å². The molecule has 2 atom stereocenters. The van der Waals surface area contributed by atoms with Crippen molar-refractivity contribution in [3.8, 4) is 5.75 Å². The highest BCUT2D eigenvalue weighted by Gasteiger charge is 2.33. The summed E-state index contributed by atoms with van der Waals surface area (Å²) in [5.41, 5.74) is -0.217. The van der Waals surface area contributed by atoms with E-state index >= 15 is 0 Å². The van der Waals surface area contributed by atoms with Gasteiger partial charge in [0.2, 0.25) is 0 Å². The van der Waals surface area contributed by atoms with Gasteiger partial charge in [-0.25, -0.2) is 9.97 Å². The molecule has 0 bridgehead atoms. The van der Waals surface area contributed by atoms with Gasteiger partial charge in [0.1, 0.15) is 21.5 Å². The summed E-state index contributed by atoms with van der Waals surface area (Å²) >= 11 is 6.99. The first-order valence-electron chi connectivity index (χ1n) is 9.16. The quantitative estimate of drug-likeness (QED) is 0.458. The van der Waals surface area contributed by atoms with E-state index < -0.39 is 25.1 Å². The third-order valence-corrected chi connectivity index (χ3v) is 7.10. The summed E-state index contributed by atoms with van der Waals surface area (Å²) in [6.45, 7) is 1.71. The highest BCUT2D eigenvalue weighted by atomic mass is 35.5. The number of allylic oxidation sites excluding steroid dienone is 3. The second kappa shape index (κ2) is 8.53. The van der Waals surface area contributed by atoms with Crippen LogP contribution < -0.4 is 10.1 Å². The Bertz CT molecular complexity index is 1270. The van der Waals surface area contributed by atoms with E-state index in [9.17, 15) is 19.1 Å². The number of rotatable bonds is 5. The monoisotopic (exact) mass is 477 g/mol. The van der Waals surface area contributed by atoms with Crippen LogP contribution in [0.15, 0.2) is 60.5 Å². The summed E-state index contributed by atoms with van der Waals surface area (Å²) in [5.74, 6) is -0.0756. The van der Waals surface area contributed by atoms with E-state index in [4.69, 9.17) is 16.3 Å². The number of nitrogens with zero attached hydrogens (tertiary/aromatic N) is 2. The molecule has 3 aromatic rings. The van der Waals surface area contributed by atoms with Crippen LogP contribution in [0.3, 0.4) is 0 Å². The molecule has 2 heterocycles. The topological polar surface area (TPSA) is 122 Å². The normalized spacial score (nSPS) is 18.6. The van der Waals surface area contributed by atoms with E-state index in [1.807, 2.05) is 12.1 Å². The van der Waals surface area contributed by atoms with Gasteiger partial charge in [-0.2, -0.15) is 0 Å². The summed E-state index contributed by atoms with van der Waals surface area (Å²) in [6.07, 6.45) is 6.06. The molecule has 0 saturated carbocycles. The summed E-state index contributed by atoms with van der Waals surface area (Å²) in [7, 11) is -4.26. The standard InChI is InChI=1S/C20H17ClN3O5PS/c1-11-8-12(6-7-17(11)30(26,27)28)29-16-9-15(23-14-5-3-2-4-13(14)16)19(25)24-20-22-10-18(21)31-20/h2-11,17H,1H3,(H,22,24,25)(H2,26,27,28)/t11-,17?/m1/s1. The molecule has 4 rings (SSSR count). The highest BCUT2D eigenvalue weighted by molar-refractivity contribution is 7.52. The molecule has 160 valence electrons. The zero-order chi connectivity index (χ0) is 22.2. The van der Waals surface area contributed by atoms with Crippen molar-refractivity contribution in [2.24, 2.45) is 5.92 Å². The molecule has 2 aromatic heterocycles. The van der Waals surface area contributed by atoms with Gasteiger partial charge in [0.25, 0.3) is 5.91 Å². The molecular formula is C20H17ClN3O5PS. The molecule has 0 fully saturated rings. The maximum absolute atomic E-state index is 12.7. The number of anilines is 1.